The van der Waals surface area contributed by atoms with Gasteiger partial charge in [-0.15, -0.1) is 0 Å². The maximum atomic E-state index is 12.4. The van der Waals surface area contributed by atoms with Gasteiger partial charge in [0.15, 0.2) is 5.92 Å². The Morgan fingerprint density at radius 2 is 1.71 bits per heavy atom. The number of methoxy groups -OCH3 is 2. The number of nitriles is 1. The Kier molecular flexibility index (Phi) is 5.96. The summed E-state index contributed by atoms with van der Waals surface area (Å²) in [5.41, 5.74) is 0.891. The fourth-order valence-corrected chi connectivity index (χ4v) is 3.18. The lowest BCUT2D eigenvalue weighted by molar-refractivity contribution is -0.154. The third kappa shape index (κ3) is 3.57. The van der Waals surface area contributed by atoms with Gasteiger partial charge in [0.2, 0.25) is 5.88 Å². The fourth-order valence-electron chi connectivity index (χ4n) is 3.18. The van der Waals surface area contributed by atoms with E-state index in [1.165, 1.54) is 14.2 Å². The predicted molar refractivity (Wildman–Crippen MR) is 98.7 cm³/mol. The van der Waals surface area contributed by atoms with Crippen molar-refractivity contribution in [3.8, 4) is 17.4 Å². The number of nitrogens with zero attached hydrogens (tertiary/aromatic N) is 2. The number of hydrogen-bond acceptors (Lipinski definition) is 8. The summed E-state index contributed by atoms with van der Waals surface area (Å²) in [5.74, 6) is -2.51. The maximum Gasteiger partial charge on any atom is 0.324 e. The molecular weight excluding hydrogens is 364 g/mol. The van der Waals surface area contributed by atoms with Crippen molar-refractivity contribution in [2.75, 3.05) is 45.4 Å². The Hall–Kier alpha value is -3.31. The van der Waals surface area contributed by atoms with E-state index in [1.807, 2.05) is 11.0 Å². The van der Waals surface area contributed by atoms with Gasteiger partial charge >= 0.3 is 11.9 Å². The molecule has 3 rings (SSSR count). The summed E-state index contributed by atoms with van der Waals surface area (Å²) in [6.07, 6.45) is 0. The molecule has 0 spiro atoms. The number of furan rings is 1. The Morgan fingerprint density at radius 3 is 2.25 bits per heavy atom. The lowest BCUT2D eigenvalue weighted by atomic mass is 9.92. The number of rotatable bonds is 5. The van der Waals surface area contributed by atoms with Crippen LogP contribution in [0.5, 0.6) is 0 Å². The highest BCUT2D eigenvalue weighted by Gasteiger charge is 2.40. The van der Waals surface area contributed by atoms with Gasteiger partial charge in [-0.25, -0.2) is 0 Å². The number of benzene rings is 1. The van der Waals surface area contributed by atoms with Gasteiger partial charge in [0, 0.05) is 24.2 Å². The van der Waals surface area contributed by atoms with E-state index in [0.29, 0.717) is 37.8 Å². The molecule has 2 aromatic rings. The Bertz CT molecular complexity index is 877. The quantitative estimate of drug-likeness (QED) is 0.570. The zero-order valence-corrected chi connectivity index (χ0v) is 15.6. The molecule has 8 heteroatoms. The molecule has 0 radical (unpaired) electrons. The summed E-state index contributed by atoms with van der Waals surface area (Å²) >= 11 is 0. The monoisotopic (exact) mass is 384 g/mol. The number of anilines is 1. The van der Waals surface area contributed by atoms with E-state index < -0.39 is 17.9 Å². The number of esters is 2. The molecule has 146 valence electrons. The van der Waals surface area contributed by atoms with Crippen molar-refractivity contribution in [3.05, 3.63) is 41.5 Å². The first-order valence-electron chi connectivity index (χ1n) is 8.72. The summed E-state index contributed by atoms with van der Waals surface area (Å²) in [7, 11) is 2.35. The van der Waals surface area contributed by atoms with Gasteiger partial charge in [-0.05, 0) is 0 Å². The standard InChI is InChI=1S/C20H20N2O6/c1-25-19(23)16(20(24)26-2)15-14(12-21)18(22-8-10-27-11-9-22)28-17(15)13-6-4-3-5-7-13/h3-7,16H,8-11H2,1-2H3. The van der Waals surface area contributed by atoms with E-state index in [0.717, 1.165) is 0 Å². The van der Waals surface area contributed by atoms with Crippen LogP contribution in [-0.2, 0) is 23.8 Å². The van der Waals surface area contributed by atoms with Crippen molar-refractivity contribution < 1.29 is 28.2 Å². The van der Waals surface area contributed by atoms with Gasteiger partial charge in [0.1, 0.15) is 17.4 Å². The number of hydrogen-bond donors (Lipinski definition) is 0. The zero-order chi connectivity index (χ0) is 20.1. The Balaban J connectivity index is 2.25. The minimum Gasteiger partial charge on any atom is -0.468 e. The average molecular weight is 384 g/mol. The summed E-state index contributed by atoms with van der Waals surface area (Å²) in [6.45, 7) is 2.02. The van der Waals surface area contributed by atoms with Crippen LogP contribution in [-0.4, -0.2) is 52.5 Å². The van der Waals surface area contributed by atoms with Crippen LogP contribution < -0.4 is 4.90 Å². The first-order valence-corrected chi connectivity index (χ1v) is 8.72. The molecule has 1 aromatic heterocycles. The van der Waals surface area contributed by atoms with Gasteiger partial charge < -0.3 is 23.5 Å². The topological polar surface area (TPSA) is 102 Å². The number of carbonyl (C=O) groups is 2. The van der Waals surface area contributed by atoms with Gasteiger partial charge in [0.25, 0.3) is 0 Å². The molecule has 1 aliphatic heterocycles. The third-order valence-electron chi connectivity index (χ3n) is 4.54. The SMILES string of the molecule is COC(=O)C(C(=O)OC)c1c(-c2ccccc2)oc(N2CCOCC2)c1C#N. The van der Waals surface area contributed by atoms with Crippen LogP contribution >= 0.6 is 0 Å². The second-order valence-electron chi connectivity index (χ2n) is 6.08. The largest absolute Gasteiger partial charge is 0.468 e. The predicted octanol–water partition coefficient (Wildman–Crippen LogP) is 2.08. The zero-order valence-electron chi connectivity index (χ0n) is 15.6. The lowest BCUT2D eigenvalue weighted by Crippen LogP contribution is -2.36. The van der Waals surface area contributed by atoms with Crippen LogP contribution in [0, 0.1) is 11.3 Å². The minimum absolute atomic E-state index is 0.113. The van der Waals surface area contributed by atoms with Gasteiger partial charge in [-0.1, -0.05) is 30.3 Å². The van der Waals surface area contributed by atoms with E-state index in [4.69, 9.17) is 18.6 Å². The van der Waals surface area contributed by atoms with Crippen LogP contribution in [0.25, 0.3) is 11.3 Å². The highest BCUT2D eigenvalue weighted by atomic mass is 16.5. The second kappa shape index (κ2) is 8.59. The smallest absolute Gasteiger partial charge is 0.324 e. The number of carbonyl (C=O) groups excluding carboxylic acids is 2. The summed E-state index contributed by atoms with van der Waals surface area (Å²) < 4.78 is 21.0. The molecule has 2 heterocycles. The highest BCUT2D eigenvalue weighted by Crippen LogP contribution is 2.41. The molecule has 0 bridgehead atoms. The maximum absolute atomic E-state index is 12.4. The minimum atomic E-state index is -1.43. The van der Waals surface area contributed by atoms with E-state index in [2.05, 4.69) is 6.07 Å². The molecule has 1 fully saturated rings. The lowest BCUT2D eigenvalue weighted by Gasteiger charge is -2.26. The fraction of sp³-hybridized carbons (Fsp3) is 0.350. The van der Waals surface area contributed by atoms with Crippen molar-refractivity contribution >= 4 is 17.8 Å². The number of morpholine rings is 1. The van der Waals surface area contributed by atoms with E-state index >= 15 is 0 Å². The second-order valence-corrected chi connectivity index (χ2v) is 6.08. The molecule has 0 N–H and O–H groups in total. The van der Waals surface area contributed by atoms with Crippen LogP contribution in [0.15, 0.2) is 34.7 Å². The van der Waals surface area contributed by atoms with E-state index in [-0.39, 0.29) is 16.9 Å². The highest BCUT2D eigenvalue weighted by molar-refractivity contribution is 6.03. The summed E-state index contributed by atoms with van der Waals surface area (Å²) in [5, 5.41) is 9.88. The normalized spacial score (nSPS) is 13.9. The van der Waals surface area contributed by atoms with Crippen molar-refractivity contribution in [1.29, 1.82) is 5.26 Å². The van der Waals surface area contributed by atoms with Crippen molar-refractivity contribution in [1.82, 2.24) is 0 Å². The van der Waals surface area contributed by atoms with Crippen molar-refractivity contribution in [2.24, 2.45) is 0 Å². The summed E-state index contributed by atoms with van der Waals surface area (Å²) in [4.78, 5) is 26.7. The van der Waals surface area contributed by atoms with E-state index in [1.54, 1.807) is 24.3 Å². The first kappa shape index (κ1) is 19.5. The van der Waals surface area contributed by atoms with Crippen LogP contribution in [0.1, 0.15) is 17.0 Å². The molecule has 1 saturated heterocycles. The van der Waals surface area contributed by atoms with Crippen LogP contribution in [0.3, 0.4) is 0 Å². The van der Waals surface area contributed by atoms with Crippen molar-refractivity contribution in [3.63, 3.8) is 0 Å². The van der Waals surface area contributed by atoms with Crippen LogP contribution in [0.4, 0.5) is 5.88 Å². The Morgan fingerprint density at radius 1 is 1.11 bits per heavy atom. The molecule has 8 nitrogen and oxygen atoms in total. The molecule has 0 unspecified atom stereocenters. The van der Waals surface area contributed by atoms with Gasteiger partial charge in [0.05, 0.1) is 27.4 Å². The molecule has 0 saturated carbocycles. The number of ether oxygens (including phenoxy) is 3. The third-order valence-corrected chi connectivity index (χ3v) is 4.54. The van der Waals surface area contributed by atoms with E-state index in [9.17, 15) is 14.9 Å². The summed E-state index contributed by atoms with van der Waals surface area (Å²) in [6, 6.07) is 11.1. The molecule has 0 aliphatic carbocycles. The molecule has 0 atom stereocenters. The van der Waals surface area contributed by atoms with Gasteiger partial charge in [-0.3, -0.25) is 9.59 Å². The van der Waals surface area contributed by atoms with Crippen LogP contribution in [0.2, 0.25) is 0 Å². The van der Waals surface area contributed by atoms with Gasteiger partial charge in [-0.2, -0.15) is 5.26 Å². The molecule has 28 heavy (non-hydrogen) atoms. The molecule has 1 aliphatic rings. The Labute approximate surface area is 162 Å². The molecule has 1 aromatic carbocycles. The first-order chi connectivity index (χ1) is 13.6. The van der Waals surface area contributed by atoms with Crippen molar-refractivity contribution in [2.45, 2.75) is 5.92 Å². The average Bonchev–Trinajstić information content (AvgIpc) is 3.14. The molecular formula is C20H20N2O6. The molecule has 0 amide bonds.